The van der Waals surface area contributed by atoms with E-state index in [9.17, 15) is 18.0 Å². The van der Waals surface area contributed by atoms with Gasteiger partial charge in [0.15, 0.2) is 11.5 Å². The van der Waals surface area contributed by atoms with E-state index in [-0.39, 0.29) is 19.6 Å². The highest BCUT2D eigenvalue weighted by atomic mass is 32.2. The third-order valence-electron chi connectivity index (χ3n) is 3.46. The van der Waals surface area contributed by atoms with Gasteiger partial charge in [-0.2, -0.15) is 0 Å². The van der Waals surface area contributed by atoms with Crippen LogP contribution in [0.1, 0.15) is 12.8 Å². The molecule has 1 fully saturated rings. The second-order valence-corrected chi connectivity index (χ2v) is 6.92. The molecule has 8 nitrogen and oxygen atoms in total. The highest BCUT2D eigenvalue weighted by Gasteiger charge is 2.41. The lowest BCUT2D eigenvalue weighted by Gasteiger charge is -2.21. The van der Waals surface area contributed by atoms with Crippen molar-refractivity contribution in [1.82, 2.24) is 4.31 Å². The molecule has 0 bridgehead atoms. The van der Waals surface area contributed by atoms with Gasteiger partial charge in [0, 0.05) is 18.2 Å². The van der Waals surface area contributed by atoms with Gasteiger partial charge < -0.3 is 14.8 Å². The highest BCUT2D eigenvalue weighted by molar-refractivity contribution is 7.89. The summed E-state index contributed by atoms with van der Waals surface area (Å²) in [4.78, 5) is 23.9. The Bertz CT molecular complexity index is 745. The van der Waals surface area contributed by atoms with Crippen molar-refractivity contribution in [2.45, 2.75) is 18.9 Å². The number of carbonyl (C=O) groups is 2. The van der Waals surface area contributed by atoms with Gasteiger partial charge in [0.05, 0.1) is 6.26 Å². The molecule has 0 aliphatic carbocycles. The molecule has 1 saturated heterocycles. The first-order chi connectivity index (χ1) is 10.4. The zero-order valence-electron chi connectivity index (χ0n) is 11.7. The Morgan fingerprint density at radius 3 is 2.77 bits per heavy atom. The molecule has 22 heavy (non-hydrogen) atoms. The summed E-state index contributed by atoms with van der Waals surface area (Å²) in [5.74, 6) is -0.0319. The van der Waals surface area contributed by atoms with Crippen molar-refractivity contribution in [3.05, 3.63) is 18.2 Å². The van der Waals surface area contributed by atoms with Crippen molar-refractivity contribution < 1.29 is 27.5 Å². The fraction of sp³-hybridized carbons (Fsp3) is 0.385. The van der Waals surface area contributed by atoms with E-state index >= 15 is 0 Å². The minimum atomic E-state index is -3.77. The van der Waals surface area contributed by atoms with Crippen LogP contribution in [-0.2, 0) is 19.6 Å². The molecule has 2 heterocycles. The smallest absolute Gasteiger partial charge is 0.248 e. The molecule has 3 rings (SSSR count). The summed E-state index contributed by atoms with van der Waals surface area (Å²) in [6.07, 6.45) is 1.12. The van der Waals surface area contributed by atoms with Crippen molar-refractivity contribution in [2.24, 2.45) is 0 Å². The number of ether oxygens (including phenoxy) is 2. The van der Waals surface area contributed by atoms with Gasteiger partial charge in [0.2, 0.25) is 28.6 Å². The van der Waals surface area contributed by atoms with E-state index in [1.54, 1.807) is 18.2 Å². The number of carbonyl (C=O) groups excluding carboxylic acids is 2. The van der Waals surface area contributed by atoms with Crippen molar-refractivity contribution in [1.29, 1.82) is 0 Å². The predicted molar refractivity (Wildman–Crippen MR) is 75.9 cm³/mol. The Morgan fingerprint density at radius 1 is 1.32 bits per heavy atom. The normalized spacial score (nSPS) is 20.3. The SMILES string of the molecule is CS(=O)(=O)N1C(=O)CCC1C(=O)Nc1ccc2c(c1)OCO2. The molecule has 2 amide bonds. The van der Waals surface area contributed by atoms with Crippen LogP contribution in [0.15, 0.2) is 18.2 Å². The summed E-state index contributed by atoms with van der Waals surface area (Å²) < 4.78 is 34.3. The van der Waals surface area contributed by atoms with Gasteiger partial charge >= 0.3 is 0 Å². The van der Waals surface area contributed by atoms with E-state index in [1.807, 2.05) is 0 Å². The summed E-state index contributed by atoms with van der Waals surface area (Å²) in [5, 5.41) is 2.60. The highest BCUT2D eigenvalue weighted by Crippen LogP contribution is 2.34. The van der Waals surface area contributed by atoms with Gasteiger partial charge in [-0.25, -0.2) is 12.7 Å². The van der Waals surface area contributed by atoms with Gasteiger partial charge in [0.1, 0.15) is 6.04 Å². The Balaban J connectivity index is 1.78. The van der Waals surface area contributed by atoms with Crippen molar-refractivity contribution >= 4 is 27.5 Å². The average Bonchev–Trinajstić information content (AvgIpc) is 3.03. The van der Waals surface area contributed by atoms with E-state index in [1.165, 1.54) is 0 Å². The number of nitrogens with zero attached hydrogens (tertiary/aromatic N) is 1. The van der Waals surface area contributed by atoms with Gasteiger partial charge in [-0.15, -0.1) is 0 Å². The Hall–Kier alpha value is -2.29. The van der Waals surface area contributed by atoms with Gasteiger partial charge in [-0.1, -0.05) is 0 Å². The van der Waals surface area contributed by atoms with E-state index in [0.29, 0.717) is 21.5 Å². The molecule has 0 saturated carbocycles. The maximum atomic E-state index is 12.3. The van der Waals surface area contributed by atoms with Crippen LogP contribution in [0.5, 0.6) is 11.5 Å². The van der Waals surface area contributed by atoms with Gasteiger partial charge in [-0.3, -0.25) is 9.59 Å². The first kappa shape index (κ1) is 14.6. The molecule has 1 N–H and O–H groups in total. The lowest BCUT2D eigenvalue weighted by Crippen LogP contribution is -2.44. The summed E-state index contributed by atoms with van der Waals surface area (Å²) in [6, 6.07) is 3.83. The molecule has 0 radical (unpaired) electrons. The average molecular weight is 326 g/mol. The molecular weight excluding hydrogens is 312 g/mol. The van der Waals surface area contributed by atoms with Crippen molar-refractivity contribution in [3.63, 3.8) is 0 Å². The van der Waals surface area contributed by atoms with Crippen LogP contribution in [0.2, 0.25) is 0 Å². The van der Waals surface area contributed by atoms with E-state index in [0.717, 1.165) is 6.26 Å². The van der Waals surface area contributed by atoms with Gasteiger partial charge in [-0.05, 0) is 18.6 Å². The number of rotatable bonds is 3. The Morgan fingerprint density at radius 2 is 2.05 bits per heavy atom. The lowest BCUT2D eigenvalue weighted by molar-refractivity contribution is -0.128. The maximum Gasteiger partial charge on any atom is 0.248 e. The molecule has 2 aliphatic heterocycles. The topological polar surface area (TPSA) is 102 Å². The zero-order chi connectivity index (χ0) is 15.9. The number of hydrogen-bond acceptors (Lipinski definition) is 6. The number of nitrogens with one attached hydrogen (secondary N) is 1. The predicted octanol–water partition coefficient (Wildman–Crippen LogP) is 0.304. The van der Waals surface area contributed by atoms with Crippen LogP contribution in [0.25, 0.3) is 0 Å². The molecule has 9 heteroatoms. The minimum Gasteiger partial charge on any atom is -0.454 e. The first-order valence-corrected chi connectivity index (χ1v) is 8.44. The molecule has 0 aromatic heterocycles. The maximum absolute atomic E-state index is 12.3. The molecule has 1 aromatic carbocycles. The van der Waals surface area contributed by atoms with Crippen LogP contribution in [0.4, 0.5) is 5.69 Å². The van der Waals surface area contributed by atoms with Crippen molar-refractivity contribution in [2.75, 3.05) is 18.4 Å². The standard InChI is InChI=1S/C13H14N2O6S/c1-22(18,19)15-9(3-5-12(15)16)13(17)14-8-2-4-10-11(6-8)21-7-20-10/h2,4,6,9H,3,5,7H2,1H3,(H,14,17). The second-order valence-electron chi connectivity index (χ2n) is 5.06. The summed E-state index contributed by atoms with van der Waals surface area (Å²) >= 11 is 0. The number of hydrogen-bond donors (Lipinski definition) is 1. The van der Waals surface area contributed by atoms with Crippen LogP contribution >= 0.6 is 0 Å². The summed E-state index contributed by atoms with van der Waals surface area (Å²) in [7, 11) is -3.77. The van der Waals surface area contributed by atoms with Crippen LogP contribution in [0, 0.1) is 0 Å². The Kier molecular flexibility index (Phi) is 3.44. The lowest BCUT2D eigenvalue weighted by atomic mass is 10.2. The molecule has 1 aromatic rings. The Labute approximate surface area is 127 Å². The fourth-order valence-electron chi connectivity index (χ4n) is 2.51. The minimum absolute atomic E-state index is 0.0340. The fourth-order valence-corrected chi connectivity index (χ4v) is 3.64. The molecule has 118 valence electrons. The number of benzene rings is 1. The molecule has 1 atom stereocenters. The summed E-state index contributed by atoms with van der Waals surface area (Å²) in [5.41, 5.74) is 0.446. The van der Waals surface area contributed by atoms with E-state index in [4.69, 9.17) is 9.47 Å². The first-order valence-electron chi connectivity index (χ1n) is 6.59. The molecular formula is C13H14N2O6S. The van der Waals surface area contributed by atoms with Crippen molar-refractivity contribution in [3.8, 4) is 11.5 Å². The zero-order valence-corrected chi connectivity index (χ0v) is 12.6. The van der Waals surface area contributed by atoms with E-state index < -0.39 is 27.9 Å². The molecule has 0 spiro atoms. The molecule has 2 aliphatic rings. The molecule has 1 unspecified atom stereocenters. The van der Waals surface area contributed by atoms with Crippen LogP contribution < -0.4 is 14.8 Å². The summed E-state index contributed by atoms with van der Waals surface area (Å²) in [6.45, 7) is 0.117. The van der Waals surface area contributed by atoms with E-state index in [2.05, 4.69) is 5.32 Å². The number of amides is 2. The third-order valence-corrected chi connectivity index (χ3v) is 4.63. The largest absolute Gasteiger partial charge is 0.454 e. The quantitative estimate of drug-likeness (QED) is 0.857. The van der Waals surface area contributed by atoms with Gasteiger partial charge in [0.25, 0.3) is 0 Å². The monoisotopic (exact) mass is 326 g/mol. The third kappa shape index (κ3) is 2.59. The second kappa shape index (κ2) is 5.16. The number of sulfonamides is 1. The number of fused-ring (bicyclic) bond motifs is 1. The van der Waals surface area contributed by atoms with Crippen LogP contribution in [-0.4, -0.2) is 43.6 Å². The van der Waals surface area contributed by atoms with Crippen LogP contribution in [0.3, 0.4) is 0 Å². The number of anilines is 1.